The number of carbonyl (C=O) groups is 1. The first kappa shape index (κ1) is 17.7. The second-order valence-electron chi connectivity index (χ2n) is 6.36. The molecule has 4 nitrogen and oxygen atoms in total. The predicted octanol–water partition coefficient (Wildman–Crippen LogP) is 4.61. The maximum Gasteiger partial charge on any atom is 0.274 e. The molecule has 3 rings (SSSR count). The van der Waals surface area contributed by atoms with E-state index in [9.17, 15) is 4.79 Å². The van der Waals surface area contributed by atoms with E-state index in [0.29, 0.717) is 5.69 Å². The molecular formula is C22H23N3O. The van der Waals surface area contributed by atoms with Gasteiger partial charge in [-0.2, -0.15) is 0 Å². The molecule has 1 amide bonds. The smallest absolute Gasteiger partial charge is 0.274 e. The van der Waals surface area contributed by atoms with Crippen LogP contribution < -0.4 is 10.6 Å². The van der Waals surface area contributed by atoms with Gasteiger partial charge in [0.25, 0.3) is 5.91 Å². The standard InChI is InChI=1S/C22H23N3O/c1-16-8-9-20(17(2)14-16)25-22(26)21-15-19(11-13-24-21)23-12-10-18-6-4-3-5-7-18/h3-9,11,13-15H,10,12H2,1-2H3,(H,23,24)(H,25,26). The molecule has 0 saturated heterocycles. The average Bonchev–Trinajstić information content (AvgIpc) is 2.65. The summed E-state index contributed by atoms with van der Waals surface area (Å²) < 4.78 is 0. The highest BCUT2D eigenvalue weighted by atomic mass is 16.1. The summed E-state index contributed by atoms with van der Waals surface area (Å²) in [6.07, 6.45) is 2.58. The molecular weight excluding hydrogens is 322 g/mol. The third-order valence-electron chi connectivity index (χ3n) is 4.21. The van der Waals surface area contributed by atoms with Crippen molar-refractivity contribution in [1.82, 2.24) is 4.98 Å². The third kappa shape index (κ3) is 4.70. The molecule has 0 spiro atoms. The van der Waals surface area contributed by atoms with Crippen molar-refractivity contribution in [2.45, 2.75) is 20.3 Å². The van der Waals surface area contributed by atoms with Crippen molar-refractivity contribution in [2.75, 3.05) is 17.2 Å². The zero-order valence-electron chi connectivity index (χ0n) is 15.1. The largest absolute Gasteiger partial charge is 0.385 e. The number of hydrogen-bond donors (Lipinski definition) is 2. The van der Waals surface area contributed by atoms with E-state index in [1.165, 1.54) is 11.1 Å². The number of hydrogen-bond acceptors (Lipinski definition) is 3. The molecule has 4 heteroatoms. The highest BCUT2D eigenvalue weighted by Crippen LogP contribution is 2.17. The zero-order chi connectivity index (χ0) is 18.4. The van der Waals surface area contributed by atoms with Crippen LogP contribution in [0.3, 0.4) is 0 Å². The molecule has 1 aromatic heterocycles. The van der Waals surface area contributed by atoms with Gasteiger partial charge in [-0.1, -0.05) is 48.0 Å². The highest BCUT2D eigenvalue weighted by molar-refractivity contribution is 6.03. The zero-order valence-corrected chi connectivity index (χ0v) is 15.1. The Morgan fingerprint density at radius 1 is 1.00 bits per heavy atom. The van der Waals surface area contributed by atoms with Crippen LogP contribution in [0.4, 0.5) is 11.4 Å². The normalized spacial score (nSPS) is 10.4. The second-order valence-corrected chi connectivity index (χ2v) is 6.36. The molecule has 0 aliphatic rings. The molecule has 132 valence electrons. The summed E-state index contributed by atoms with van der Waals surface area (Å²) in [6, 6.07) is 19.9. The van der Waals surface area contributed by atoms with Crippen LogP contribution in [0.25, 0.3) is 0 Å². The minimum absolute atomic E-state index is 0.205. The highest BCUT2D eigenvalue weighted by Gasteiger charge is 2.10. The van der Waals surface area contributed by atoms with Crippen molar-refractivity contribution in [1.29, 1.82) is 0 Å². The number of rotatable bonds is 6. The summed E-state index contributed by atoms with van der Waals surface area (Å²) in [6.45, 7) is 4.81. The fourth-order valence-electron chi connectivity index (χ4n) is 2.80. The van der Waals surface area contributed by atoms with Crippen LogP contribution in [0.2, 0.25) is 0 Å². The van der Waals surface area contributed by atoms with Gasteiger partial charge >= 0.3 is 0 Å². The second kappa shape index (κ2) is 8.30. The van der Waals surface area contributed by atoms with Crippen LogP contribution in [0.15, 0.2) is 66.9 Å². The van der Waals surface area contributed by atoms with Gasteiger partial charge < -0.3 is 10.6 Å². The Morgan fingerprint density at radius 3 is 2.58 bits per heavy atom. The first-order valence-electron chi connectivity index (χ1n) is 8.74. The lowest BCUT2D eigenvalue weighted by Crippen LogP contribution is -2.15. The summed E-state index contributed by atoms with van der Waals surface area (Å²) in [7, 11) is 0. The van der Waals surface area contributed by atoms with Gasteiger partial charge in [-0.3, -0.25) is 9.78 Å². The van der Waals surface area contributed by atoms with E-state index in [1.807, 2.05) is 56.3 Å². The third-order valence-corrected chi connectivity index (χ3v) is 4.21. The fourth-order valence-corrected chi connectivity index (χ4v) is 2.80. The Bertz CT molecular complexity index is 891. The Morgan fingerprint density at radius 2 is 1.81 bits per heavy atom. The van der Waals surface area contributed by atoms with E-state index in [4.69, 9.17) is 0 Å². The van der Waals surface area contributed by atoms with Crippen molar-refractivity contribution in [3.63, 3.8) is 0 Å². The van der Waals surface area contributed by atoms with Crippen molar-refractivity contribution in [2.24, 2.45) is 0 Å². The number of pyridine rings is 1. The molecule has 0 radical (unpaired) electrons. The van der Waals surface area contributed by atoms with Gasteiger partial charge in [0.15, 0.2) is 0 Å². The van der Waals surface area contributed by atoms with E-state index in [2.05, 4.69) is 27.8 Å². The average molecular weight is 345 g/mol. The minimum Gasteiger partial charge on any atom is -0.385 e. The summed E-state index contributed by atoms with van der Waals surface area (Å²) in [5.41, 5.74) is 5.59. The Balaban J connectivity index is 1.61. The number of amides is 1. The van der Waals surface area contributed by atoms with Gasteiger partial charge in [0.1, 0.15) is 5.69 Å². The van der Waals surface area contributed by atoms with Crippen LogP contribution in [-0.2, 0) is 6.42 Å². The quantitative estimate of drug-likeness (QED) is 0.686. The summed E-state index contributed by atoms with van der Waals surface area (Å²) in [5, 5.41) is 6.28. The van der Waals surface area contributed by atoms with E-state index >= 15 is 0 Å². The lowest BCUT2D eigenvalue weighted by molar-refractivity contribution is 0.102. The molecule has 0 bridgehead atoms. The molecule has 0 atom stereocenters. The van der Waals surface area contributed by atoms with Crippen molar-refractivity contribution in [3.8, 4) is 0 Å². The van der Waals surface area contributed by atoms with Crippen LogP contribution in [0.1, 0.15) is 27.2 Å². The van der Waals surface area contributed by atoms with Crippen LogP contribution in [-0.4, -0.2) is 17.4 Å². The fraction of sp³-hybridized carbons (Fsp3) is 0.182. The lowest BCUT2D eigenvalue weighted by Gasteiger charge is -2.10. The minimum atomic E-state index is -0.205. The molecule has 0 fully saturated rings. The van der Waals surface area contributed by atoms with Crippen LogP contribution in [0, 0.1) is 13.8 Å². The molecule has 2 aromatic carbocycles. The maximum atomic E-state index is 12.5. The number of carbonyl (C=O) groups excluding carboxylic acids is 1. The number of anilines is 2. The summed E-state index contributed by atoms with van der Waals surface area (Å²) >= 11 is 0. The van der Waals surface area contributed by atoms with Gasteiger partial charge in [0.05, 0.1) is 0 Å². The predicted molar refractivity (Wildman–Crippen MR) is 107 cm³/mol. The summed E-state index contributed by atoms with van der Waals surface area (Å²) in [5.74, 6) is -0.205. The van der Waals surface area contributed by atoms with Gasteiger partial charge in [0.2, 0.25) is 0 Å². The lowest BCUT2D eigenvalue weighted by atomic mass is 10.1. The molecule has 0 aliphatic carbocycles. The molecule has 1 heterocycles. The molecule has 0 aliphatic heterocycles. The number of aryl methyl sites for hydroxylation is 2. The van der Waals surface area contributed by atoms with E-state index < -0.39 is 0 Å². The molecule has 3 aromatic rings. The Kier molecular flexibility index (Phi) is 5.64. The number of aromatic nitrogens is 1. The Labute approximate surface area is 154 Å². The molecule has 2 N–H and O–H groups in total. The monoisotopic (exact) mass is 345 g/mol. The molecule has 0 unspecified atom stereocenters. The van der Waals surface area contributed by atoms with E-state index in [1.54, 1.807) is 12.3 Å². The van der Waals surface area contributed by atoms with Gasteiger partial charge in [-0.15, -0.1) is 0 Å². The molecule has 26 heavy (non-hydrogen) atoms. The SMILES string of the molecule is Cc1ccc(NC(=O)c2cc(NCCc3ccccc3)ccn2)c(C)c1. The van der Waals surface area contributed by atoms with Crippen LogP contribution in [0.5, 0.6) is 0 Å². The van der Waals surface area contributed by atoms with Gasteiger partial charge in [-0.05, 0) is 49.6 Å². The number of nitrogens with zero attached hydrogens (tertiary/aromatic N) is 1. The van der Waals surface area contributed by atoms with Crippen molar-refractivity contribution < 1.29 is 4.79 Å². The van der Waals surface area contributed by atoms with Crippen molar-refractivity contribution >= 4 is 17.3 Å². The molecule has 0 saturated carbocycles. The van der Waals surface area contributed by atoms with Gasteiger partial charge in [-0.25, -0.2) is 0 Å². The maximum absolute atomic E-state index is 12.5. The number of benzene rings is 2. The summed E-state index contributed by atoms with van der Waals surface area (Å²) in [4.78, 5) is 16.7. The van der Waals surface area contributed by atoms with E-state index in [-0.39, 0.29) is 5.91 Å². The number of nitrogens with one attached hydrogen (secondary N) is 2. The first-order chi connectivity index (χ1) is 12.6. The first-order valence-corrected chi connectivity index (χ1v) is 8.74. The van der Waals surface area contributed by atoms with Crippen molar-refractivity contribution in [3.05, 3.63) is 89.2 Å². The topological polar surface area (TPSA) is 54.0 Å². The Hall–Kier alpha value is -3.14. The van der Waals surface area contributed by atoms with Crippen LogP contribution >= 0.6 is 0 Å². The van der Waals surface area contributed by atoms with Gasteiger partial charge in [0, 0.05) is 24.1 Å². The van der Waals surface area contributed by atoms with E-state index in [0.717, 1.165) is 29.9 Å².